The molecule has 0 unspecified atom stereocenters. The lowest BCUT2D eigenvalue weighted by atomic mass is 10.2. The molecule has 3 aromatic carbocycles. The highest BCUT2D eigenvalue weighted by Crippen LogP contribution is 2.27. The number of aryl methyl sites for hydroxylation is 2. The van der Waals surface area contributed by atoms with Crippen LogP contribution in [0.15, 0.2) is 89.8 Å². The van der Waals surface area contributed by atoms with Gasteiger partial charge in [-0.1, -0.05) is 18.2 Å². The summed E-state index contributed by atoms with van der Waals surface area (Å²) < 4.78 is 60.0. The Morgan fingerprint density at radius 3 is 1.95 bits per heavy atom. The number of carbonyl (C=O) groups excluding carboxylic acids is 1. The first-order valence-corrected chi connectivity index (χ1v) is 15.7. The van der Waals surface area contributed by atoms with E-state index in [0.29, 0.717) is 22.9 Å². The Bertz CT molecular complexity index is 1730. The van der Waals surface area contributed by atoms with Gasteiger partial charge in [-0.25, -0.2) is 31.5 Å². The van der Waals surface area contributed by atoms with E-state index in [9.17, 15) is 21.6 Å². The molecule has 4 aromatic rings. The smallest absolute Gasteiger partial charge is 0.264 e. The van der Waals surface area contributed by atoms with Crippen molar-refractivity contribution in [3.63, 3.8) is 0 Å². The molecule has 1 atom stereocenters. The van der Waals surface area contributed by atoms with E-state index in [0.717, 1.165) is 10.6 Å². The average molecular weight is 596 g/mol. The summed E-state index contributed by atoms with van der Waals surface area (Å²) in [6, 6.07) is 21.5. The van der Waals surface area contributed by atoms with Gasteiger partial charge in [-0.05, 0) is 87.5 Å². The monoisotopic (exact) mass is 595 g/mol. The maximum Gasteiger partial charge on any atom is 0.264 e. The van der Waals surface area contributed by atoms with Crippen molar-refractivity contribution in [2.24, 2.45) is 0 Å². The molecule has 41 heavy (non-hydrogen) atoms. The third-order valence-corrected chi connectivity index (χ3v) is 8.38. The molecule has 1 amide bonds. The van der Waals surface area contributed by atoms with Crippen LogP contribution in [-0.2, 0) is 24.8 Å². The van der Waals surface area contributed by atoms with Crippen molar-refractivity contribution in [3.8, 4) is 11.5 Å². The Morgan fingerprint density at radius 2 is 1.39 bits per heavy atom. The molecule has 11 nitrogen and oxygen atoms in total. The molecule has 0 aliphatic rings. The van der Waals surface area contributed by atoms with Gasteiger partial charge in [0.1, 0.15) is 17.5 Å². The minimum atomic E-state index is -3.99. The number of nitrogens with zero attached hydrogens (tertiary/aromatic N) is 3. The second kappa shape index (κ2) is 11.9. The van der Waals surface area contributed by atoms with E-state index in [-0.39, 0.29) is 22.2 Å². The molecule has 0 spiro atoms. The van der Waals surface area contributed by atoms with Gasteiger partial charge in [0.2, 0.25) is 21.9 Å². The zero-order valence-corrected chi connectivity index (χ0v) is 24.4. The SMILES string of the molecule is Cc1cc(C)nc(NS(=O)(=O)c2ccc(NC(=O)[C@@H](C)N(c3ccc(Oc4ccccc4)cc3)S(C)(=O)=O)cc2)n1. The van der Waals surface area contributed by atoms with Gasteiger partial charge in [-0.2, -0.15) is 0 Å². The van der Waals surface area contributed by atoms with Gasteiger partial charge in [0, 0.05) is 17.1 Å². The highest BCUT2D eigenvalue weighted by atomic mass is 32.2. The molecule has 0 bridgehead atoms. The van der Waals surface area contributed by atoms with Crippen molar-refractivity contribution in [3.05, 3.63) is 96.3 Å². The number of sulfonamides is 2. The molecule has 1 heterocycles. The molecule has 0 aliphatic carbocycles. The summed E-state index contributed by atoms with van der Waals surface area (Å²) in [7, 11) is -7.84. The summed E-state index contributed by atoms with van der Waals surface area (Å²) >= 11 is 0. The van der Waals surface area contributed by atoms with Gasteiger partial charge < -0.3 is 10.1 Å². The third-order valence-electron chi connectivity index (χ3n) is 5.80. The molecule has 0 radical (unpaired) electrons. The zero-order valence-electron chi connectivity index (χ0n) is 22.8. The topological polar surface area (TPSA) is 148 Å². The number of ether oxygens (including phenoxy) is 1. The Kier molecular flexibility index (Phi) is 8.59. The molecular formula is C28H29N5O6S2. The van der Waals surface area contributed by atoms with Gasteiger partial charge in [-0.3, -0.25) is 9.10 Å². The van der Waals surface area contributed by atoms with Crippen LogP contribution in [-0.4, -0.2) is 45.0 Å². The maximum absolute atomic E-state index is 13.1. The van der Waals surface area contributed by atoms with Crippen LogP contribution in [0.3, 0.4) is 0 Å². The van der Waals surface area contributed by atoms with Gasteiger partial charge in [0.25, 0.3) is 10.0 Å². The molecule has 0 aliphatic heterocycles. The van der Waals surface area contributed by atoms with E-state index in [2.05, 4.69) is 20.0 Å². The van der Waals surface area contributed by atoms with E-state index >= 15 is 0 Å². The number of benzene rings is 3. The van der Waals surface area contributed by atoms with Crippen LogP contribution >= 0.6 is 0 Å². The van der Waals surface area contributed by atoms with Gasteiger partial charge in [-0.15, -0.1) is 0 Å². The summed E-state index contributed by atoms with van der Waals surface area (Å²) in [6.45, 7) is 4.91. The van der Waals surface area contributed by atoms with E-state index in [1.807, 2.05) is 18.2 Å². The van der Waals surface area contributed by atoms with Crippen LogP contribution < -0.4 is 19.1 Å². The largest absolute Gasteiger partial charge is 0.457 e. The summed E-state index contributed by atoms with van der Waals surface area (Å²) in [6.07, 6.45) is 1.01. The van der Waals surface area contributed by atoms with E-state index in [1.165, 1.54) is 31.2 Å². The van der Waals surface area contributed by atoms with Gasteiger partial charge in [0.05, 0.1) is 16.8 Å². The van der Waals surface area contributed by atoms with Crippen molar-refractivity contribution >= 4 is 43.3 Å². The highest BCUT2D eigenvalue weighted by molar-refractivity contribution is 7.92. The summed E-state index contributed by atoms with van der Waals surface area (Å²) in [5, 5.41) is 2.64. The lowest BCUT2D eigenvalue weighted by Crippen LogP contribution is -2.45. The molecule has 2 N–H and O–H groups in total. The minimum Gasteiger partial charge on any atom is -0.457 e. The fourth-order valence-electron chi connectivity index (χ4n) is 4.01. The second-order valence-electron chi connectivity index (χ2n) is 9.24. The standard InChI is InChI=1S/C28H29N5O6S2/c1-19-18-20(2)30-28(29-19)32-41(37,38)26-16-10-22(11-17-26)31-27(34)21(3)33(40(4,35)36)23-12-14-25(15-13-23)39-24-8-6-5-7-9-24/h5-18,21H,1-4H3,(H,31,34)(H,29,30,32)/t21-/m1/s1. The van der Waals surface area contributed by atoms with Crippen molar-refractivity contribution < 1.29 is 26.4 Å². The number of hydrogen-bond donors (Lipinski definition) is 2. The van der Waals surface area contributed by atoms with Crippen molar-refractivity contribution in [2.45, 2.75) is 31.7 Å². The highest BCUT2D eigenvalue weighted by Gasteiger charge is 2.29. The number of amides is 1. The maximum atomic E-state index is 13.1. The van der Waals surface area contributed by atoms with Crippen LogP contribution in [0.5, 0.6) is 11.5 Å². The predicted molar refractivity (Wildman–Crippen MR) is 157 cm³/mol. The number of para-hydroxylation sites is 1. The molecule has 13 heteroatoms. The zero-order chi connectivity index (χ0) is 29.8. The Balaban J connectivity index is 1.46. The lowest BCUT2D eigenvalue weighted by Gasteiger charge is -2.28. The molecule has 4 rings (SSSR count). The lowest BCUT2D eigenvalue weighted by molar-refractivity contribution is -0.116. The van der Waals surface area contributed by atoms with Crippen LogP contribution in [0.25, 0.3) is 0 Å². The quantitative estimate of drug-likeness (QED) is 0.273. The van der Waals surface area contributed by atoms with Crippen molar-refractivity contribution in [1.29, 1.82) is 0 Å². The van der Waals surface area contributed by atoms with Gasteiger partial charge >= 0.3 is 0 Å². The minimum absolute atomic E-state index is 0.0470. The molecule has 1 aromatic heterocycles. The molecule has 214 valence electrons. The predicted octanol–water partition coefficient (Wildman–Crippen LogP) is 4.48. The number of hydrogen-bond acceptors (Lipinski definition) is 8. The van der Waals surface area contributed by atoms with Crippen LogP contribution in [0, 0.1) is 13.8 Å². The average Bonchev–Trinajstić information content (AvgIpc) is 2.89. The second-order valence-corrected chi connectivity index (χ2v) is 12.8. The van der Waals surface area contributed by atoms with Crippen LogP contribution in [0.2, 0.25) is 0 Å². The number of rotatable bonds is 10. The number of nitrogens with one attached hydrogen (secondary N) is 2. The summed E-state index contributed by atoms with van der Waals surface area (Å²) in [5.74, 6) is 0.465. The first kappa shape index (κ1) is 29.5. The van der Waals surface area contributed by atoms with Crippen LogP contribution in [0.1, 0.15) is 18.3 Å². The Hall–Kier alpha value is -4.49. The number of aromatic nitrogens is 2. The Labute approximate surface area is 239 Å². The Morgan fingerprint density at radius 1 is 0.829 bits per heavy atom. The number of carbonyl (C=O) groups is 1. The summed E-state index contributed by atoms with van der Waals surface area (Å²) in [4.78, 5) is 21.2. The molecular weight excluding hydrogens is 566 g/mol. The number of anilines is 3. The first-order chi connectivity index (χ1) is 19.3. The third kappa shape index (κ3) is 7.58. The fourth-order valence-corrected chi connectivity index (χ4v) is 6.13. The molecule has 0 saturated carbocycles. The molecule has 0 fully saturated rings. The van der Waals surface area contributed by atoms with Crippen molar-refractivity contribution in [2.75, 3.05) is 20.6 Å². The first-order valence-electron chi connectivity index (χ1n) is 12.4. The van der Waals surface area contributed by atoms with E-state index in [1.54, 1.807) is 56.3 Å². The summed E-state index contributed by atoms with van der Waals surface area (Å²) in [5.41, 5.74) is 1.78. The van der Waals surface area contributed by atoms with E-state index < -0.39 is 32.0 Å². The van der Waals surface area contributed by atoms with Gasteiger partial charge in [0.15, 0.2) is 0 Å². The van der Waals surface area contributed by atoms with Crippen molar-refractivity contribution in [1.82, 2.24) is 9.97 Å². The van der Waals surface area contributed by atoms with E-state index in [4.69, 9.17) is 4.74 Å². The van der Waals surface area contributed by atoms with Crippen LogP contribution in [0.4, 0.5) is 17.3 Å². The normalized spacial score (nSPS) is 12.3. The molecule has 0 saturated heterocycles. The fraction of sp³-hybridized carbons (Fsp3) is 0.179.